The Bertz CT molecular complexity index is 964. The molecule has 172 valence electrons. The van der Waals surface area contributed by atoms with Gasteiger partial charge in [-0.1, -0.05) is 25.0 Å². The number of ether oxygens (including phenoxy) is 1. The molecule has 1 aromatic heterocycles. The van der Waals surface area contributed by atoms with Crippen LogP contribution in [-0.4, -0.2) is 52.5 Å². The molecule has 1 atom stereocenters. The first kappa shape index (κ1) is 22.5. The Balaban J connectivity index is 1.19. The number of para-hydroxylation sites is 2. The second kappa shape index (κ2) is 9.84. The molecule has 2 aromatic rings. The summed E-state index contributed by atoms with van der Waals surface area (Å²) in [6, 6.07) is 8.15. The van der Waals surface area contributed by atoms with Crippen molar-refractivity contribution >= 4 is 23.3 Å². The number of hydrazone groups is 1. The van der Waals surface area contributed by atoms with Crippen molar-refractivity contribution in [1.82, 2.24) is 20.3 Å². The summed E-state index contributed by atoms with van der Waals surface area (Å²) in [5.74, 6) is 0.791. The van der Waals surface area contributed by atoms with Crippen LogP contribution in [0.4, 0.5) is 4.79 Å². The van der Waals surface area contributed by atoms with Crippen LogP contribution < -0.4 is 5.32 Å². The molecule has 0 spiro atoms. The lowest BCUT2D eigenvalue weighted by Crippen LogP contribution is -2.33. The standard InChI is InChI=1S/C25H35N5O2/c1-25(2,3)32-24(31)26-14-8-4-5-9-15-30-17-19(16-27-30)23-22(18-12-13-18)28-20-10-6-7-11-21(20)29-23/h6-7,10-11,16,18-19H,4-5,8-9,12-15,17H2,1-3H3,(H,26,31). The molecular weight excluding hydrogens is 402 g/mol. The van der Waals surface area contributed by atoms with Crippen LogP contribution in [0, 0.1) is 0 Å². The van der Waals surface area contributed by atoms with Crippen molar-refractivity contribution in [2.45, 2.75) is 76.7 Å². The Labute approximate surface area is 190 Å². The van der Waals surface area contributed by atoms with E-state index in [4.69, 9.17) is 14.7 Å². The van der Waals surface area contributed by atoms with Gasteiger partial charge in [0.2, 0.25) is 0 Å². The highest BCUT2D eigenvalue weighted by atomic mass is 16.6. The van der Waals surface area contributed by atoms with Crippen LogP contribution in [0.25, 0.3) is 11.0 Å². The minimum absolute atomic E-state index is 0.223. The van der Waals surface area contributed by atoms with Crippen LogP contribution in [0.5, 0.6) is 0 Å². The molecule has 1 saturated carbocycles. The van der Waals surface area contributed by atoms with E-state index in [1.165, 1.54) is 18.5 Å². The van der Waals surface area contributed by atoms with Crippen molar-refractivity contribution in [2.75, 3.05) is 19.6 Å². The van der Waals surface area contributed by atoms with Crippen molar-refractivity contribution in [2.24, 2.45) is 5.10 Å². The average Bonchev–Trinajstić information content (AvgIpc) is 3.49. The molecule has 1 aromatic carbocycles. The van der Waals surface area contributed by atoms with Gasteiger partial charge < -0.3 is 10.1 Å². The fourth-order valence-electron chi connectivity index (χ4n) is 4.04. The summed E-state index contributed by atoms with van der Waals surface area (Å²) in [6.45, 7) is 8.11. The lowest BCUT2D eigenvalue weighted by atomic mass is 10.0. The lowest BCUT2D eigenvalue weighted by Gasteiger charge is -2.19. The number of hydrogen-bond donors (Lipinski definition) is 1. The first-order valence-electron chi connectivity index (χ1n) is 11.9. The number of hydrogen-bond acceptors (Lipinski definition) is 6. The molecule has 4 rings (SSSR count). The molecule has 7 nitrogen and oxygen atoms in total. The highest BCUT2D eigenvalue weighted by Gasteiger charge is 2.33. The number of rotatable bonds is 9. The molecule has 7 heteroatoms. The molecule has 1 aliphatic carbocycles. The van der Waals surface area contributed by atoms with Gasteiger partial charge in [-0.05, 0) is 58.6 Å². The number of carbonyl (C=O) groups excluding carboxylic acids is 1. The molecular formula is C25H35N5O2. The zero-order chi connectivity index (χ0) is 22.6. The molecule has 1 aliphatic heterocycles. The van der Waals surface area contributed by atoms with Gasteiger partial charge in [-0.25, -0.2) is 14.8 Å². The first-order valence-corrected chi connectivity index (χ1v) is 11.9. The summed E-state index contributed by atoms with van der Waals surface area (Å²) < 4.78 is 5.25. The molecule has 2 heterocycles. The summed E-state index contributed by atoms with van der Waals surface area (Å²) in [4.78, 5) is 21.6. The first-order chi connectivity index (χ1) is 15.4. The van der Waals surface area contributed by atoms with Gasteiger partial charge in [0.25, 0.3) is 0 Å². The number of aromatic nitrogens is 2. The number of nitrogens with one attached hydrogen (secondary N) is 1. The van der Waals surface area contributed by atoms with Crippen molar-refractivity contribution in [3.63, 3.8) is 0 Å². The zero-order valence-electron chi connectivity index (χ0n) is 19.5. The third-order valence-corrected chi connectivity index (χ3v) is 5.77. The van der Waals surface area contributed by atoms with Gasteiger partial charge in [0.1, 0.15) is 5.60 Å². The number of amides is 1. The third-order valence-electron chi connectivity index (χ3n) is 5.77. The van der Waals surface area contributed by atoms with Crippen LogP contribution in [-0.2, 0) is 4.74 Å². The maximum Gasteiger partial charge on any atom is 0.407 e. The highest BCUT2D eigenvalue weighted by Crippen LogP contribution is 2.42. The Morgan fingerprint density at radius 3 is 2.44 bits per heavy atom. The fraction of sp³-hybridized carbons (Fsp3) is 0.600. The van der Waals surface area contributed by atoms with Gasteiger partial charge in [0, 0.05) is 31.8 Å². The number of benzene rings is 1. The van der Waals surface area contributed by atoms with E-state index in [-0.39, 0.29) is 12.0 Å². The van der Waals surface area contributed by atoms with E-state index in [0.717, 1.165) is 55.5 Å². The molecule has 32 heavy (non-hydrogen) atoms. The Morgan fingerprint density at radius 2 is 1.75 bits per heavy atom. The minimum atomic E-state index is -0.448. The number of alkyl carbamates (subject to hydrolysis) is 1. The summed E-state index contributed by atoms with van der Waals surface area (Å²) in [7, 11) is 0. The molecule has 1 fully saturated rings. The quantitative estimate of drug-likeness (QED) is 0.560. The number of nitrogens with zero attached hydrogens (tertiary/aromatic N) is 4. The van der Waals surface area contributed by atoms with E-state index in [1.54, 1.807) is 0 Å². The Hall–Kier alpha value is -2.70. The van der Waals surface area contributed by atoms with E-state index in [0.29, 0.717) is 12.5 Å². The van der Waals surface area contributed by atoms with Gasteiger partial charge in [-0.15, -0.1) is 0 Å². The third kappa shape index (κ3) is 6.17. The fourth-order valence-corrected chi connectivity index (χ4v) is 4.04. The Kier molecular flexibility index (Phi) is 6.92. The SMILES string of the molecule is CC(C)(C)OC(=O)NCCCCCCN1CC(c2nc3ccccc3nc2C2CC2)C=N1. The predicted octanol–water partition coefficient (Wildman–Crippen LogP) is 4.98. The largest absolute Gasteiger partial charge is 0.444 e. The van der Waals surface area contributed by atoms with Crippen LogP contribution in [0.3, 0.4) is 0 Å². The number of carbonyl (C=O) groups is 1. The molecule has 2 aliphatic rings. The number of unbranched alkanes of at least 4 members (excludes halogenated alkanes) is 3. The second-order valence-corrected chi connectivity index (χ2v) is 9.88. The van der Waals surface area contributed by atoms with Crippen molar-refractivity contribution in [3.05, 3.63) is 35.7 Å². The highest BCUT2D eigenvalue weighted by molar-refractivity contribution is 5.77. The van der Waals surface area contributed by atoms with Gasteiger partial charge >= 0.3 is 6.09 Å². The van der Waals surface area contributed by atoms with Crippen molar-refractivity contribution in [1.29, 1.82) is 0 Å². The molecule has 0 radical (unpaired) electrons. The summed E-state index contributed by atoms with van der Waals surface area (Å²) >= 11 is 0. The molecule has 1 amide bonds. The minimum Gasteiger partial charge on any atom is -0.444 e. The monoisotopic (exact) mass is 437 g/mol. The lowest BCUT2D eigenvalue weighted by molar-refractivity contribution is 0.0527. The topological polar surface area (TPSA) is 79.7 Å². The summed E-state index contributed by atoms with van der Waals surface area (Å²) in [5.41, 5.74) is 3.81. The molecule has 1 N–H and O–H groups in total. The zero-order valence-corrected chi connectivity index (χ0v) is 19.5. The van der Waals surface area contributed by atoms with Crippen LogP contribution in [0.1, 0.15) is 82.5 Å². The molecule has 0 bridgehead atoms. The van der Waals surface area contributed by atoms with Crippen LogP contribution in [0.15, 0.2) is 29.4 Å². The maximum atomic E-state index is 11.6. The van der Waals surface area contributed by atoms with E-state index in [1.807, 2.05) is 39.0 Å². The van der Waals surface area contributed by atoms with E-state index < -0.39 is 5.60 Å². The van der Waals surface area contributed by atoms with E-state index in [2.05, 4.69) is 27.7 Å². The van der Waals surface area contributed by atoms with Gasteiger partial charge in [-0.2, -0.15) is 5.10 Å². The smallest absolute Gasteiger partial charge is 0.407 e. The maximum absolute atomic E-state index is 11.6. The van der Waals surface area contributed by atoms with Crippen LogP contribution >= 0.6 is 0 Å². The normalized spacial score (nSPS) is 18.3. The average molecular weight is 438 g/mol. The van der Waals surface area contributed by atoms with E-state index >= 15 is 0 Å². The van der Waals surface area contributed by atoms with E-state index in [9.17, 15) is 4.79 Å². The molecule has 0 saturated heterocycles. The molecule has 1 unspecified atom stereocenters. The Morgan fingerprint density at radius 1 is 1.06 bits per heavy atom. The van der Waals surface area contributed by atoms with Crippen molar-refractivity contribution < 1.29 is 9.53 Å². The van der Waals surface area contributed by atoms with Crippen molar-refractivity contribution in [3.8, 4) is 0 Å². The van der Waals surface area contributed by atoms with Gasteiger partial charge in [0.05, 0.1) is 28.3 Å². The van der Waals surface area contributed by atoms with Crippen LogP contribution in [0.2, 0.25) is 0 Å². The predicted molar refractivity (Wildman–Crippen MR) is 127 cm³/mol. The van der Waals surface area contributed by atoms with Gasteiger partial charge in [0.15, 0.2) is 0 Å². The number of fused-ring (bicyclic) bond motifs is 1. The van der Waals surface area contributed by atoms with Gasteiger partial charge in [-0.3, -0.25) is 5.01 Å². The summed E-state index contributed by atoms with van der Waals surface area (Å²) in [6.07, 6.45) is 8.41. The summed E-state index contributed by atoms with van der Waals surface area (Å²) in [5, 5.41) is 9.64. The second-order valence-electron chi connectivity index (χ2n) is 9.88.